The van der Waals surface area contributed by atoms with E-state index >= 15 is 0 Å². The van der Waals surface area contributed by atoms with Crippen molar-refractivity contribution < 1.29 is 4.74 Å². The molecule has 0 bridgehead atoms. The fourth-order valence-electron chi connectivity index (χ4n) is 2.79. The third-order valence-electron chi connectivity index (χ3n) is 3.84. The van der Waals surface area contributed by atoms with Crippen LogP contribution in [0.5, 0.6) is 5.75 Å². The number of H-pyrrole nitrogens is 1. The van der Waals surface area contributed by atoms with Crippen LogP contribution in [-0.2, 0) is 0 Å². The second kappa shape index (κ2) is 5.26. The largest absolute Gasteiger partial charge is 0.496 e. The molecule has 0 aliphatic rings. The van der Waals surface area contributed by atoms with Crippen molar-refractivity contribution >= 4 is 10.9 Å². The number of aromatic nitrogens is 3. The van der Waals surface area contributed by atoms with Crippen molar-refractivity contribution in [2.24, 2.45) is 0 Å². The van der Waals surface area contributed by atoms with E-state index in [1.54, 1.807) is 13.2 Å². The van der Waals surface area contributed by atoms with Gasteiger partial charge in [0.15, 0.2) is 0 Å². The van der Waals surface area contributed by atoms with Gasteiger partial charge in [0.2, 0.25) is 0 Å². The summed E-state index contributed by atoms with van der Waals surface area (Å²) >= 11 is 0. The molecule has 3 aromatic rings. The lowest BCUT2D eigenvalue weighted by atomic mass is 9.97. The summed E-state index contributed by atoms with van der Waals surface area (Å²) in [5.41, 5.74) is 4.97. The highest BCUT2D eigenvalue weighted by molar-refractivity contribution is 5.93. The zero-order chi connectivity index (χ0) is 15.9. The average Bonchev–Trinajstić information content (AvgIpc) is 2.48. The molecule has 5 heteroatoms. The minimum absolute atomic E-state index is 0.157. The van der Waals surface area contributed by atoms with Gasteiger partial charge in [0.1, 0.15) is 11.3 Å². The first-order chi connectivity index (χ1) is 10.5. The Morgan fingerprint density at radius 2 is 1.95 bits per heavy atom. The van der Waals surface area contributed by atoms with Gasteiger partial charge in [-0.1, -0.05) is 6.07 Å². The first-order valence-corrected chi connectivity index (χ1v) is 7.02. The molecule has 5 nitrogen and oxygen atoms in total. The number of benzene rings is 1. The molecular formula is C17H17N3O2. The molecule has 0 aliphatic carbocycles. The minimum Gasteiger partial charge on any atom is -0.496 e. The van der Waals surface area contributed by atoms with Gasteiger partial charge in [0.05, 0.1) is 24.5 Å². The van der Waals surface area contributed by atoms with Crippen LogP contribution in [0.25, 0.3) is 22.2 Å². The van der Waals surface area contributed by atoms with E-state index in [9.17, 15) is 4.79 Å². The summed E-state index contributed by atoms with van der Waals surface area (Å²) in [5.74, 6) is 0.793. The van der Waals surface area contributed by atoms with Crippen molar-refractivity contribution in [1.82, 2.24) is 15.0 Å². The number of rotatable bonds is 2. The highest BCUT2D eigenvalue weighted by Gasteiger charge is 2.16. The highest BCUT2D eigenvalue weighted by Crippen LogP contribution is 2.34. The molecular weight excluding hydrogens is 278 g/mol. The number of nitrogens with zero attached hydrogens (tertiary/aromatic N) is 2. The summed E-state index contributed by atoms with van der Waals surface area (Å²) in [6.45, 7) is 5.88. The van der Waals surface area contributed by atoms with Crippen LogP contribution in [0.4, 0.5) is 0 Å². The van der Waals surface area contributed by atoms with E-state index in [0.717, 1.165) is 33.8 Å². The molecule has 0 atom stereocenters. The summed E-state index contributed by atoms with van der Waals surface area (Å²) < 4.78 is 5.41. The van der Waals surface area contributed by atoms with E-state index in [1.165, 1.54) is 6.33 Å². The number of hydrogen-bond donors (Lipinski definition) is 1. The lowest BCUT2D eigenvalue weighted by Gasteiger charge is -2.14. The lowest BCUT2D eigenvalue weighted by Crippen LogP contribution is -2.09. The van der Waals surface area contributed by atoms with Gasteiger partial charge in [-0.3, -0.25) is 9.78 Å². The molecule has 0 spiro atoms. The molecule has 0 aliphatic heterocycles. The number of fused-ring (bicyclic) bond motifs is 1. The van der Waals surface area contributed by atoms with Crippen LogP contribution >= 0.6 is 0 Å². The number of aromatic amines is 1. The monoisotopic (exact) mass is 295 g/mol. The molecule has 22 heavy (non-hydrogen) atoms. The van der Waals surface area contributed by atoms with Crippen LogP contribution in [0.1, 0.15) is 16.8 Å². The maximum atomic E-state index is 12.1. The van der Waals surface area contributed by atoms with Crippen LogP contribution < -0.4 is 10.3 Å². The Balaban J connectivity index is 2.46. The molecule has 112 valence electrons. The Labute approximate surface area is 128 Å². The summed E-state index contributed by atoms with van der Waals surface area (Å²) in [4.78, 5) is 23.6. The van der Waals surface area contributed by atoms with E-state index in [2.05, 4.69) is 15.0 Å². The predicted molar refractivity (Wildman–Crippen MR) is 86.4 cm³/mol. The van der Waals surface area contributed by atoms with Crippen LogP contribution in [-0.4, -0.2) is 22.1 Å². The number of pyridine rings is 1. The second-order valence-corrected chi connectivity index (χ2v) is 5.32. The molecule has 2 heterocycles. The van der Waals surface area contributed by atoms with E-state index in [0.29, 0.717) is 10.9 Å². The molecule has 0 saturated heterocycles. The smallest absolute Gasteiger partial charge is 0.258 e. The highest BCUT2D eigenvalue weighted by atomic mass is 16.5. The maximum absolute atomic E-state index is 12.1. The van der Waals surface area contributed by atoms with Crippen molar-refractivity contribution in [2.75, 3.05) is 7.11 Å². The number of aryl methyl sites for hydroxylation is 2. The van der Waals surface area contributed by atoms with E-state index in [-0.39, 0.29) is 5.56 Å². The van der Waals surface area contributed by atoms with Gasteiger partial charge in [0.25, 0.3) is 5.56 Å². The van der Waals surface area contributed by atoms with Crippen molar-refractivity contribution in [3.8, 4) is 17.0 Å². The van der Waals surface area contributed by atoms with Crippen molar-refractivity contribution in [3.05, 3.63) is 51.7 Å². The van der Waals surface area contributed by atoms with Gasteiger partial charge in [-0.05, 0) is 38.5 Å². The zero-order valence-corrected chi connectivity index (χ0v) is 13.0. The molecule has 1 aromatic carbocycles. The first-order valence-electron chi connectivity index (χ1n) is 7.02. The Bertz CT molecular complexity index is 929. The normalized spacial score (nSPS) is 10.9. The number of nitrogens with one attached hydrogen (secondary N) is 1. The summed E-state index contributed by atoms with van der Waals surface area (Å²) in [6, 6.07) is 5.69. The van der Waals surface area contributed by atoms with Crippen molar-refractivity contribution in [2.45, 2.75) is 20.8 Å². The fraction of sp³-hybridized carbons (Fsp3) is 0.235. The third-order valence-corrected chi connectivity index (χ3v) is 3.84. The minimum atomic E-state index is -0.157. The average molecular weight is 295 g/mol. The zero-order valence-electron chi connectivity index (χ0n) is 13.0. The molecule has 0 radical (unpaired) electrons. The van der Waals surface area contributed by atoms with Crippen LogP contribution in [0.3, 0.4) is 0 Å². The number of methoxy groups -OCH3 is 1. The van der Waals surface area contributed by atoms with E-state index < -0.39 is 0 Å². The van der Waals surface area contributed by atoms with E-state index in [4.69, 9.17) is 4.74 Å². The number of hydrogen-bond acceptors (Lipinski definition) is 4. The Morgan fingerprint density at radius 3 is 2.68 bits per heavy atom. The lowest BCUT2D eigenvalue weighted by molar-refractivity contribution is 0.412. The molecule has 0 amide bonds. The fourth-order valence-corrected chi connectivity index (χ4v) is 2.79. The summed E-state index contributed by atoms with van der Waals surface area (Å²) in [7, 11) is 1.65. The molecule has 1 N–H and O–H groups in total. The predicted octanol–water partition coefficient (Wildman–Crippen LogP) is 2.92. The Hall–Kier alpha value is -2.69. The summed E-state index contributed by atoms with van der Waals surface area (Å²) in [6.07, 6.45) is 1.41. The molecule has 3 rings (SSSR count). The van der Waals surface area contributed by atoms with Gasteiger partial charge < -0.3 is 9.72 Å². The topological polar surface area (TPSA) is 67.9 Å². The second-order valence-electron chi connectivity index (χ2n) is 5.32. The van der Waals surface area contributed by atoms with Crippen molar-refractivity contribution in [3.63, 3.8) is 0 Å². The SMILES string of the molecule is COc1ccc(C)c(-c2nc(C)cc3c(=O)[nH]cnc23)c1C. The summed E-state index contributed by atoms with van der Waals surface area (Å²) in [5, 5.41) is 0.548. The van der Waals surface area contributed by atoms with Crippen LogP contribution in [0, 0.1) is 20.8 Å². The van der Waals surface area contributed by atoms with Gasteiger partial charge in [-0.2, -0.15) is 0 Å². The third kappa shape index (κ3) is 2.15. The van der Waals surface area contributed by atoms with Crippen molar-refractivity contribution in [1.29, 1.82) is 0 Å². The Morgan fingerprint density at radius 1 is 1.18 bits per heavy atom. The quantitative estimate of drug-likeness (QED) is 0.789. The maximum Gasteiger partial charge on any atom is 0.258 e. The van der Waals surface area contributed by atoms with E-state index in [1.807, 2.05) is 32.9 Å². The first kappa shape index (κ1) is 14.3. The van der Waals surface area contributed by atoms with Gasteiger partial charge in [0, 0.05) is 16.8 Å². The molecule has 2 aromatic heterocycles. The van der Waals surface area contributed by atoms with Gasteiger partial charge in [-0.15, -0.1) is 0 Å². The standard InChI is InChI=1S/C17H17N3O2/c1-9-5-6-13(22-4)11(3)14(9)16-15-12(7-10(2)20-16)17(21)19-8-18-15/h5-8H,1-4H3,(H,18,19,21). The molecule has 0 saturated carbocycles. The number of ether oxygens (including phenoxy) is 1. The molecule has 0 unspecified atom stereocenters. The van der Waals surface area contributed by atoms with Gasteiger partial charge in [-0.25, -0.2) is 4.98 Å². The molecule has 0 fully saturated rings. The van der Waals surface area contributed by atoms with Gasteiger partial charge >= 0.3 is 0 Å². The Kier molecular flexibility index (Phi) is 3.41. The van der Waals surface area contributed by atoms with Crippen LogP contribution in [0.2, 0.25) is 0 Å². The van der Waals surface area contributed by atoms with Crippen LogP contribution in [0.15, 0.2) is 29.3 Å².